The van der Waals surface area contributed by atoms with Crippen LogP contribution in [0.5, 0.6) is 0 Å². The summed E-state index contributed by atoms with van der Waals surface area (Å²) in [6.45, 7) is 2.07. The molecule has 0 radical (unpaired) electrons. The Morgan fingerprint density at radius 2 is 2.18 bits per heavy atom. The SMILES string of the molecule is C[C@@H]1CCCC[C@]12NC(=O)N(Cc1ccc(F)cc1Cl)C2=O. The van der Waals surface area contributed by atoms with Crippen LogP contribution in [0.25, 0.3) is 0 Å². The Balaban J connectivity index is 1.86. The Morgan fingerprint density at radius 1 is 1.41 bits per heavy atom. The van der Waals surface area contributed by atoms with E-state index in [1.165, 1.54) is 23.1 Å². The van der Waals surface area contributed by atoms with E-state index in [0.29, 0.717) is 12.0 Å². The van der Waals surface area contributed by atoms with Crippen molar-refractivity contribution in [1.82, 2.24) is 10.2 Å². The van der Waals surface area contributed by atoms with Crippen LogP contribution in [0.15, 0.2) is 18.2 Å². The molecule has 0 aromatic heterocycles. The fraction of sp³-hybridized carbons (Fsp3) is 0.500. The van der Waals surface area contributed by atoms with Gasteiger partial charge < -0.3 is 5.32 Å². The van der Waals surface area contributed by atoms with Gasteiger partial charge in [-0.05, 0) is 36.5 Å². The molecule has 3 rings (SSSR count). The first kappa shape index (κ1) is 15.3. The topological polar surface area (TPSA) is 49.4 Å². The van der Waals surface area contributed by atoms with Crippen LogP contribution >= 0.6 is 11.6 Å². The van der Waals surface area contributed by atoms with Crippen LogP contribution < -0.4 is 5.32 Å². The molecule has 1 aliphatic heterocycles. The van der Waals surface area contributed by atoms with Gasteiger partial charge in [0.15, 0.2) is 0 Å². The Labute approximate surface area is 133 Å². The third-order valence-electron chi connectivity index (χ3n) is 4.85. The van der Waals surface area contributed by atoms with Crippen molar-refractivity contribution >= 4 is 23.5 Å². The van der Waals surface area contributed by atoms with Gasteiger partial charge in [-0.3, -0.25) is 9.69 Å². The molecule has 0 bridgehead atoms. The van der Waals surface area contributed by atoms with Gasteiger partial charge in [0, 0.05) is 5.02 Å². The van der Waals surface area contributed by atoms with Crippen molar-refractivity contribution < 1.29 is 14.0 Å². The molecule has 2 atom stereocenters. The molecular formula is C16H18ClFN2O2. The summed E-state index contributed by atoms with van der Waals surface area (Å²) in [7, 11) is 0. The molecule has 4 nitrogen and oxygen atoms in total. The van der Waals surface area contributed by atoms with Crippen molar-refractivity contribution in [1.29, 1.82) is 0 Å². The molecule has 22 heavy (non-hydrogen) atoms. The second-order valence-corrected chi connectivity index (χ2v) is 6.58. The molecule has 1 aromatic carbocycles. The van der Waals surface area contributed by atoms with E-state index in [1.807, 2.05) is 6.92 Å². The van der Waals surface area contributed by atoms with Crippen LogP contribution in [0.3, 0.4) is 0 Å². The predicted octanol–water partition coefficient (Wildman–Crippen LogP) is 3.48. The minimum absolute atomic E-state index is 0.0677. The Morgan fingerprint density at radius 3 is 2.86 bits per heavy atom. The summed E-state index contributed by atoms with van der Waals surface area (Å²) in [6, 6.07) is 3.58. The molecule has 1 saturated carbocycles. The molecule has 3 amide bonds. The smallest absolute Gasteiger partial charge is 0.323 e. The first-order valence-electron chi connectivity index (χ1n) is 7.52. The first-order valence-corrected chi connectivity index (χ1v) is 7.90. The maximum Gasteiger partial charge on any atom is 0.325 e. The zero-order valence-corrected chi connectivity index (χ0v) is 13.1. The number of benzene rings is 1. The second kappa shape index (κ2) is 5.54. The van der Waals surface area contributed by atoms with Gasteiger partial charge in [-0.1, -0.05) is 37.4 Å². The largest absolute Gasteiger partial charge is 0.325 e. The average Bonchev–Trinajstić information content (AvgIpc) is 2.70. The molecule has 6 heteroatoms. The number of imide groups is 1. The van der Waals surface area contributed by atoms with Gasteiger partial charge in [-0.2, -0.15) is 0 Å². The van der Waals surface area contributed by atoms with Crippen LogP contribution in [-0.4, -0.2) is 22.4 Å². The van der Waals surface area contributed by atoms with E-state index in [0.717, 1.165) is 19.3 Å². The van der Waals surface area contributed by atoms with E-state index in [-0.39, 0.29) is 29.4 Å². The second-order valence-electron chi connectivity index (χ2n) is 6.18. The van der Waals surface area contributed by atoms with Gasteiger partial charge >= 0.3 is 6.03 Å². The van der Waals surface area contributed by atoms with Crippen molar-refractivity contribution in [2.45, 2.75) is 44.7 Å². The molecule has 2 fully saturated rings. The number of carbonyl (C=O) groups is 2. The van der Waals surface area contributed by atoms with Gasteiger partial charge in [0.25, 0.3) is 5.91 Å². The molecule has 1 spiro atoms. The number of hydrogen-bond acceptors (Lipinski definition) is 2. The molecule has 1 N–H and O–H groups in total. The summed E-state index contributed by atoms with van der Waals surface area (Å²) in [5.74, 6) is -0.514. The predicted molar refractivity (Wildman–Crippen MR) is 80.9 cm³/mol. The third kappa shape index (κ3) is 2.37. The van der Waals surface area contributed by atoms with Crippen molar-refractivity contribution in [3.8, 4) is 0 Å². The highest BCUT2D eigenvalue weighted by Crippen LogP contribution is 2.38. The number of carbonyl (C=O) groups excluding carboxylic acids is 2. The standard InChI is InChI=1S/C16H18ClFN2O2/c1-10-4-2-3-7-16(10)14(21)20(15(22)19-16)9-11-5-6-12(18)8-13(11)17/h5-6,8,10H,2-4,7,9H2,1H3,(H,19,22)/t10-,16+/m1/s1. The normalized spacial score (nSPS) is 28.3. The summed E-state index contributed by atoms with van der Waals surface area (Å²) in [5.41, 5.74) is -0.214. The Kier molecular flexibility index (Phi) is 3.85. The van der Waals surface area contributed by atoms with Crippen LogP contribution in [0, 0.1) is 11.7 Å². The molecular weight excluding hydrogens is 307 g/mol. The van der Waals surface area contributed by atoms with E-state index in [1.54, 1.807) is 0 Å². The molecule has 1 saturated heterocycles. The number of amides is 3. The highest BCUT2D eigenvalue weighted by molar-refractivity contribution is 6.31. The average molecular weight is 325 g/mol. The summed E-state index contributed by atoms with van der Waals surface area (Å²) in [5, 5.41) is 3.11. The number of nitrogens with one attached hydrogen (secondary N) is 1. The Hall–Kier alpha value is -1.62. The molecule has 2 aliphatic rings. The van der Waals surface area contributed by atoms with E-state index in [9.17, 15) is 14.0 Å². The fourth-order valence-corrected chi connectivity index (χ4v) is 3.69. The summed E-state index contributed by atoms with van der Waals surface area (Å²) >= 11 is 6.00. The highest BCUT2D eigenvalue weighted by atomic mass is 35.5. The van der Waals surface area contributed by atoms with Gasteiger partial charge in [-0.25, -0.2) is 9.18 Å². The van der Waals surface area contributed by atoms with Crippen molar-refractivity contribution in [2.75, 3.05) is 0 Å². The van der Waals surface area contributed by atoms with Crippen LogP contribution in [0.1, 0.15) is 38.2 Å². The fourth-order valence-electron chi connectivity index (χ4n) is 3.46. The quantitative estimate of drug-likeness (QED) is 0.847. The van der Waals surface area contributed by atoms with Crippen molar-refractivity contribution in [3.05, 3.63) is 34.6 Å². The molecule has 0 unspecified atom stereocenters. The van der Waals surface area contributed by atoms with E-state index < -0.39 is 11.4 Å². The van der Waals surface area contributed by atoms with Crippen LogP contribution in [0.4, 0.5) is 9.18 Å². The minimum Gasteiger partial charge on any atom is -0.323 e. The Bertz CT molecular complexity index is 637. The molecule has 118 valence electrons. The molecule has 1 heterocycles. The maximum absolute atomic E-state index is 13.1. The number of nitrogens with zero attached hydrogens (tertiary/aromatic N) is 1. The zero-order chi connectivity index (χ0) is 15.9. The summed E-state index contributed by atoms with van der Waals surface area (Å²) in [6.07, 6.45) is 3.61. The zero-order valence-electron chi connectivity index (χ0n) is 12.4. The van der Waals surface area contributed by atoms with Gasteiger partial charge in [0.05, 0.1) is 6.54 Å². The van der Waals surface area contributed by atoms with Gasteiger partial charge in [0.1, 0.15) is 11.4 Å². The summed E-state index contributed by atoms with van der Waals surface area (Å²) < 4.78 is 13.1. The number of hydrogen-bond donors (Lipinski definition) is 1. The number of urea groups is 1. The van der Waals surface area contributed by atoms with Gasteiger partial charge in [0.2, 0.25) is 0 Å². The first-order chi connectivity index (χ1) is 10.4. The lowest BCUT2D eigenvalue weighted by molar-refractivity contribution is -0.134. The highest BCUT2D eigenvalue weighted by Gasteiger charge is 2.54. The van der Waals surface area contributed by atoms with Crippen molar-refractivity contribution in [2.24, 2.45) is 5.92 Å². The van der Waals surface area contributed by atoms with Crippen molar-refractivity contribution in [3.63, 3.8) is 0 Å². The lowest BCUT2D eigenvalue weighted by Gasteiger charge is -2.36. The van der Waals surface area contributed by atoms with E-state index >= 15 is 0 Å². The molecule has 1 aliphatic carbocycles. The number of halogens is 2. The van der Waals surface area contributed by atoms with Gasteiger partial charge in [-0.15, -0.1) is 0 Å². The maximum atomic E-state index is 13.1. The van der Waals surface area contributed by atoms with Crippen LogP contribution in [0.2, 0.25) is 5.02 Å². The van der Waals surface area contributed by atoms with E-state index in [4.69, 9.17) is 11.6 Å². The lowest BCUT2D eigenvalue weighted by Crippen LogP contribution is -2.53. The monoisotopic (exact) mass is 324 g/mol. The minimum atomic E-state index is -0.776. The van der Waals surface area contributed by atoms with Crippen LogP contribution in [-0.2, 0) is 11.3 Å². The lowest BCUT2D eigenvalue weighted by atomic mass is 9.73. The number of rotatable bonds is 2. The van der Waals surface area contributed by atoms with E-state index in [2.05, 4.69) is 5.32 Å². The third-order valence-corrected chi connectivity index (χ3v) is 5.20. The molecule has 1 aromatic rings. The summed E-state index contributed by atoms with van der Waals surface area (Å²) in [4.78, 5) is 26.3.